The van der Waals surface area contributed by atoms with Crippen LogP contribution in [0.15, 0.2) is 59.7 Å². The standard InChI is InChI=1S/C18H17N3OS/c1-13-17(15-6-4-3-5-7-15)20-18(23-13)21-19-12-14-8-10-16(22-2)11-9-14/h3-12H,1-2H3,(H,20,21)/b19-12+. The van der Waals surface area contributed by atoms with Crippen molar-refractivity contribution in [1.29, 1.82) is 0 Å². The van der Waals surface area contributed by atoms with Crippen molar-refractivity contribution in [2.75, 3.05) is 12.5 Å². The third-order valence-electron chi connectivity index (χ3n) is 3.33. The third-order valence-corrected chi connectivity index (χ3v) is 4.21. The van der Waals surface area contributed by atoms with Gasteiger partial charge in [0.05, 0.1) is 19.0 Å². The van der Waals surface area contributed by atoms with Gasteiger partial charge in [0.15, 0.2) is 0 Å². The number of ether oxygens (including phenoxy) is 1. The Hall–Kier alpha value is -2.66. The summed E-state index contributed by atoms with van der Waals surface area (Å²) in [6.45, 7) is 2.07. The number of aryl methyl sites for hydroxylation is 1. The molecule has 0 bridgehead atoms. The van der Waals surface area contributed by atoms with Crippen LogP contribution < -0.4 is 10.2 Å². The number of thiazole rings is 1. The maximum Gasteiger partial charge on any atom is 0.204 e. The van der Waals surface area contributed by atoms with Crippen molar-refractivity contribution < 1.29 is 4.74 Å². The zero-order valence-electron chi connectivity index (χ0n) is 13.0. The van der Waals surface area contributed by atoms with E-state index in [4.69, 9.17) is 4.74 Å². The maximum atomic E-state index is 5.13. The van der Waals surface area contributed by atoms with Gasteiger partial charge in [-0.1, -0.05) is 30.3 Å². The largest absolute Gasteiger partial charge is 0.497 e. The quantitative estimate of drug-likeness (QED) is 0.552. The molecule has 3 rings (SSSR count). The lowest BCUT2D eigenvalue weighted by Gasteiger charge is -1.99. The van der Waals surface area contributed by atoms with E-state index in [-0.39, 0.29) is 0 Å². The lowest BCUT2D eigenvalue weighted by atomic mass is 10.1. The Labute approximate surface area is 139 Å². The average molecular weight is 323 g/mol. The number of nitrogens with zero attached hydrogens (tertiary/aromatic N) is 2. The molecule has 3 aromatic rings. The van der Waals surface area contributed by atoms with E-state index in [1.807, 2.05) is 42.5 Å². The van der Waals surface area contributed by atoms with Crippen LogP contribution in [0.5, 0.6) is 5.75 Å². The highest BCUT2D eigenvalue weighted by Crippen LogP contribution is 2.30. The molecule has 0 aliphatic carbocycles. The Bertz CT molecular complexity index is 795. The molecule has 0 saturated carbocycles. The van der Waals surface area contributed by atoms with Crippen molar-refractivity contribution in [2.45, 2.75) is 6.92 Å². The van der Waals surface area contributed by atoms with E-state index in [1.165, 1.54) is 4.88 Å². The van der Waals surface area contributed by atoms with Crippen LogP contribution in [0.1, 0.15) is 10.4 Å². The molecule has 0 amide bonds. The van der Waals surface area contributed by atoms with Gasteiger partial charge in [-0.15, -0.1) is 11.3 Å². The predicted molar refractivity (Wildman–Crippen MR) is 96.5 cm³/mol. The fourth-order valence-corrected chi connectivity index (χ4v) is 2.95. The van der Waals surface area contributed by atoms with Gasteiger partial charge in [0.25, 0.3) is 0 Å². The van der Waals surface area contributed by atoms with Gasteiger partial charge in [0.1, 0.15) is 5.75 Å². The Balaban J connectivity index is 1.70. The second-order valence-corrected chi connectivity index (χ2v) is 6.14. The highest BCUT2D eigenvalue weighted by atomic mass is 32.1. The summed E-state index contributed by atoms with van der Waals surface area (Å²) in [6.07, 6.45) is 1.76. The van der Waals surface area contributed by atoms with Gasteiger partial charge < -0.3 is 4.74 Å². The van der Waals surface area contributed by atoms with E-state index >= 15 is 0 Å². The molecule has 1 heterocycles. The van der Waals surface area contributed by atoms with Gasteiger partial charge in [-0.05, 0) is 36.8 Å². The summed E-state index contributed by atoms with van der Waals surface area (Å²) in [6, 6.07) is 17.9. The van der Waals surface area contributed by atoms with E-state index in [1.54, 1.807) is 24.7 Å². The van der Waals surface area contributed by atoms with Crippen LogP contribution in [0.2, 0.25) is 0 Å². The van der Waals surface area contributed by atoms with Crippen LogP contribution >= 0.6 is 11.3 Å². The molecule has 0 unspecified atom stereocenters. The molecule has 0 atom stereocenters. The van der Waals surface area contributed by atoms with Crippen molar-refractivity contribution in [2.24, 2.45) is 5.10 Å². The van der Waals surface area contributed by atoms with E-state index in [2.05, 4.69) is 34.6 Å². The highest BCUT2D eigenvalue weighted by molar-refractivity contribution is 7.15. The molecule has 23 heavy (non-hydrogen) atoms. The summed E-state index contributed by atoms with van der Waals surface area (Å²) >= 11 is 1.59. The van der Waals surface area contributed by atoms with Crippen LogP contribution in [0, 0.1) is 6.92 Å². The number of rotatable bonds is 5. The fraction of sp³-hybridized carbons (Fsp3) is 0.111. The minimum absolute atomic E-state index is 0.783. The van der Waals surface area contributed by atoms with Crippen LogP contribution in [-0.4, -0.2) is 18.3 Å². The van der Waals surface area contributed by atoms with Gasteiger partial charge in [-0.25, -0.2) is 4.98 Å². The Kier molecular flexibility index (Phi) is 4.68. The summed E-state index contributed by atoms with van der Waals surface area (Å²) in [5.74, 6) is 0.832. The van der Waals surface area contributed by atoms with Crippen LogP contribution in [0.3, 0.4) is 0 Å². The first-order valence-electron chi connectivity index (χ1n) is 7.22. The normalized spacial score (nSPS) is 10.9. The summed E-state index contributed by atoms with van der Waals surface area (Å²) < 4.78 is 5.13. The van der Waals surface area contributed by atoms with Gasteiger partial charge in [-0.2, -0.15) is 5.10 Å². The monoisotopic (exact) mass is 323 g/mol. The molecule has 0 fully saturated rings. The molecule has 0 saturated heterocycles. The van der Waals surface area contributed by atoms with Crippen LogP contribution in [-0.2, 0) is 0 Å². The molecule has 1 N–H and O–H groups in total. The Morgan fingerprint density at radius 2 is 1.83 bits per heavy atom. The molecule has 0 radical (unpaired) electrons. The third kappa shape index (κ3) is 3.76. The molecule has 4 nitrogen and oxygen atoms in total. The van der Waals surface area contributed by atoms with Gasteiger partial charge in [0, 0.05) is 10.4 Å². The lowest BCUT2D eigenvalue weighted by Crippen LogP contribution is -1.90. The zero-order valence-corrected chi connectivity index (χ0v) is 13.8. The minimum atomic E-state index is 0.783. The van der Waals surface area contributed by atoms with Crippen molar-refractivity contribution >= 4 is 22.7 Å². The summed E-state index contributed by atoms with van der Waals surface area (Å²) in [4.78, 5) is 5.78. The molecule has 0 aliphatic rings. The molecule has 116 valence electrons. The van der Waals surface area contributed by atoms with Crippen molar-refractivity contribution in [1.82, 2.24) is 4.98 Å². The average Bonchev–Trinajstić information content (AvgIpc) is 2.97. The molecule has 2 aromatic carbocycles. The smallest absolute Gasteiger partial charge is 0.204 e. The van der Waals surface area contributed by atoms with Crippen LogP contribution in [0.25, 0.3) is 11.3 Å². The predicted octanol–water partition coefficient (Wildman–Crippen LogP) is 4.57. The van der Waals surface area contributed by atoms with Gasteiger partial charge in [-0.3, -0.25) is 5.43 Å². The first-order chi connectivity index (χ1) is 11.3. The molecule has 1 aromatic heterocycles. The van der Waals surface area contributed by atoms with Crippen molar-refractivity contribution in [3.05, 3.63) is 65.0 Å². The number of hydrogen-bond donors (Lipinski definition) is 1. The summed E-state index contributed by atoms with van der Waals surface area (Å²) in [7, 11) is 1.65. The second-order valence-electron chi connectivity index (χ2n) is 4.93. The van der Waals surface area contributed by atoms with Crippen molar-refractivity contribution in [3.8, 4) is 17.0 Å². The van der Waals surface area contributed by atoms with E-state index in [0.29, 0.717) is 0 Å². The van der Waals surface area contributed by atoms with E-state index in [0.717, 1.165) is 27.7 Å². The first kappa shape index (κ1) is 15.2. The minimum Gasteiger partial charge on any atom is -0.497 e. The van der Waals surface area contributed by atoms with Gasteiger partial charge >= 0.3 is 0 Å². The van der Waals surface area contributed by atoms with E-state index in [9.17, 15) is 0 Å². The number of aromatic nitrogens is 1. The SMILES string of the molecule is COc1ccc(/C=N/Nc2nc(-c3ccccc3)c(C)s2)cc1. The Morgan fingerprint density at radius 3 is 2.52 bits per heavy atom. The summed E-state index contributed by atoms with van der Waals surface area (Å²) in [5.41, 5.74) is 6.11. The molecule has 0 aliphatic heterocycles. The topological polar surface area (TPSA) is 46.5 Å². The summed E-state index contributed by atoms with van der Waals surface area (Å²) in [5, 5.41) is 5.03. The van der Waals surface area contributed by atoms with Gasteiger partial charge in [0.2, 0.25) is 5.13 Å². The second kappa shape index (κ2) is 7.07. The Morgan fingerprint density at radius 1 is 1.09 bits per heavy atom. The number of anilines is 1. The number of methoxy groups -OCH3 is 1. The number of nitrogens with one attached hydrogen (secondary N) is 1. The first-order valence-corrected chi connectivity index (χ1v) is 8.04. The fourth-order valence-electron chi connectivity index (χ4n) is 2.16. The molecule has 0 spiro atoms. The maximum absolute atomic E-state index is 5.13. The zero-order chi connectivity index (χ0) is 16.1. The van der Waals surface area contributed by atoms with Crippen LogP contribution in [0.4, 0.5) is 5.13 Å². The van der Waals surface area contributed by atoms with E-state index < -0.39 is 0 Å². The molecular formula is C18H17N3OS. The molecular weight excluding hydrogens is 306 g/mol. The van der Waals surface area contributed by atoms with Crippen molar-refractivity contribution in [3.63, 3.8) is 0 Å². The number of hydrogen-bond acceptors (Lipinski definition) is 5. The lowest BCUT2D eigenvalue weighted by molar-refractivity contribution is 0.415. The highest BCUT2D eigenvalue weighted by Gasteiger charge is 2.08. The molecule has 5 heteroatoms. The number of benzene rings is 2. The number of hydrazone groups is 1.